The van der Waals surface area contributed by atoms with Gasteiger partial charge in [-0.1, -0.05) is 28.9 Å². The van der Waals surface area contributed by atoms with Crippen LogP contribution in [0.15, 0.2) is 53.4 Å². The number of fused-ring (bicyclic) bond motifs is 1. The first kappa shape index (κ1) is 23.1. The van der Waals surface area contributed by atoms with Crippen LogP contribution in [0.4, 0.5) is 11.6 Å². The monoisotopic (exact) mass is 467 g/mol. The molecule has 0 aliphatic heterocycles. The minimum Gasteiger partial charge on any atom is -0.367 e. The summed E-state index contributed by atoms with van der Waals surface area (Å²) < 4.78 is 2.06. The fourth-order valence-corrected chi connectivity index (χ4v) is 4.81. The number of aromatic nitrogens is 4. The second kappa shape index (κ2) is 9.91. The Morgan fingerprint density at radius 1 is 1.23 bits per heavy atom. The fraction of sp³-hybridized carbons (Fsp3) is 0.429. The van der Waals surface area contributed by atoms with Gasteiger partial charge in [0.15, 0.2) is 5.82 Å². The van der Waals surface area contributed by atoms with E-state index in [1.54, 1.807) is 0 Å². The van der Waals surface area contributed by atoms with E-state index in [4.69, 9.17) is 9.97 Å². The third kappa shape index (κ3) is 5.37. The summed E-state index contributed by atoms with van der Waals surface area (Å²) in [4.78, 5) is 16.3. The second-order valence-corrected chi connectivity index (χ2v) is 9.96. The normalized spacial score (nSPS) is 17.5. The van der Waals surface area contributed by atoms with Gasteiger partial charge in [-0.25, -0.2) is 15.0 Å². The standard InChI is InChI=1S/C28H33N7/c1-19-7-12-26-30-17-24(35(26)18-19)28-32-25(16-27(33-28)34(2)3)31-23-6-4-5-20(8-11-23)15-22(13-14-29)21-9-10-21/h7-8,12,16-18,23H,4-6,9-11,13,15H2,1-3H3,(H,31,32,33)/t23-/m1/s1. The van der Waals surface area contributed by atoms with E-state index in [1.165, 1.54) is 29.6 Å². The van der Waals surface area contributed by atoms with Gasteiger partial charge in [0.05, 0.1) is 18.7 Å². The van der Waals surface area contributed by atoms with Crippen molar-refractivity contribution in [2.45, 2.75) is 64.3 Å². The highest BCUT2D eigenvalue weighted by atomic mass is 15.2. The molecular formula is C28H33N7. The van der Waals surface area contributed by atoms with Crippen molar-refractivity contribution in [3.05, 3.63) is 59.0 Å². The number of nitrogens with zero attached hydrogens (tertiary/aromatic N) is 6. The summed E-state index contributed by atoms with van der Waals surface area (Å²) in [6, 6.07) is 8.79. The molecule has 7 heteroatoms. The van der Waals surface area contributed by atoms with Gasteiger partial charge >= 0.3 is 0 Å². The van der Waals surface area contributed by atoms with Crippen LogP contribution in [0.5, 0.6) is 0 Å². The van der Waals surface area contributed by atoms with Crippen LogP contribution in [-0.4, -0.2) is 39.5 Å². The number of rotatable bonds is 7. The molecule has 3 heterocycles. The first-order chi connectivity index (χ1) is 17.0. The Morgan fingerprint density at radius 2 is 2.09 bits per heavy atom. The van der Waals surface area contributed by atoms with E-state index in [1.807, 2.05) is 37.3 Å². The predicted octanol–water partition coefficient (Wildman–Crippen LogP) is 5.84. The second-order valence-electron chi connectivity index (χ2n) is 9.96. The Hall–Kier alpha value is -3.66. The molecule has 0 aromatic carbocycles. The van der Waals surface area contributed by atoms with Crippen molar-refractivity contribution < 1.29 is 0 Å². The molecule has 1 atom stereocenters. The number of anilines is 2. The minimum absolute atomic E-state index is 0.322. The van der Waals surface area contributed by atoms with Crippen LogP contribution in [0.25, 0.3) is 17.2 Å². The summed E-state index contributed by atoms with van der Waals surface area (Å²) >= 11 is 0. The average Bonchev–Trinajstić information content (AvgIpc) is 3.63. The smallest absolute Gasteiger partial charge is 0.182 e. The Kier molecular flexibility index (Phi) is 6.54. The van der Waals surface area contributed by atoms with Crippen molar-refractivity contribution in [2.75, 3.05) is 24.3 Å². The van der Waals surface area contributed by atoms with Gasteiger partial charge in [0.25, 0.3) is 0 Å². The Bertz CT molecular complexity index is 1330. The van der Waals surface area contributed by atoms with Crippen LogP contribution in [0.2, 0.25) is 0 Å². The zero-order chi connectivity index (χ0) is 24.4. The molecule has 180 valence electrons. The third-order valence-electron chi connectivity index (χ3n) is 6.88. The van der Waals surface area contributed by atoms with Crippen LogP contribution < -0.4 is 10.2 Å². The molecule has 0 radical (unpaired) electrons. The minimum atomic E-state index is 0.322. The molecule has 0 spiro atoms. The van der Waals surface area contributed by atoms with E-state index in [0.29, 0.717) is 18.3 Å². The fourth-order valence-electron chi connectivity index (χ4n) is 4.81. The van der Waals surface area contributed by atoms with Crippen molar-refractivity contribution in [3.63, 3.8) is 0 Å². The largest absolute Gasteiger partial charge is 0.367 e. The van der Waals surface area contributed by atoms with Crippen LogP contribution in [-0.2, 0) is 0 Å². The van der Waals surface area contributed by atoms with Crippen molar-refractivity contribution in [1.29, 1.82) is 5.26 Å². The predicted molar refractivity (Wildman–Crippen MR) is 140 cm³/mol. The number of nitriles is 1. The lowest BCUT2D eigenvalue weighted by atomic mass is 9.99. The van der Waals surface area contributed by atoms with Gasteiger partial charge in [-0.2, -0.15) is 5.26 Å². The lowest BCUT2D eigenvalue weighted by Gasteiger charge is -2.19. The van der Waals surface area contributed by atoms with Gasteiger partial charge in [0, 0.05) is 32.4 Å². The number of imidazole rings is 1. The molecule has 3 aromatic heterocycles. The van der Waals surface area contributed by atoms with E-state index in [9.17, 15) is 5.26 Å². The molecule has 5 rings (SSSR count). The Labute approximate surface area is 207 Å². The van der Waals surface area contributed by atoms with E-state index in [-0.39, 0.29) is 0 Å². The number of pyridine rings is 1. The average molecular weight is 468 g/mol. The molecule has 7 nitrogen and oxygen atoms in total. The lowest BCUT2D eigenvalue weighted by molar-refractivity contribution is 0.636. The van der Waals surface area contributed by atoms with Crippen molar-refractivity contribution in [1.82, 2.24) is 19.4 Å². The Morgan fingerprint density at radius 3 is 2.86 bits per heavy atom. The van der Waals surface area contributed by atoms with Crippen LogP contribution in [0.1, 0.15) is 56.9 Å². The molecule has 0 unspecified atom stereocenters. The summed E-state index contributed by atoms with van der Waals surface area (Å²) in [6.07, 6.45) is 14.6. The molecule has 2 aliphatic rings. The number of aryl methyl sites for hydroxylation is 1. The summed E-state index contributed by atoms with van der Waals surface area (Å²) in [5.41, 5.74) is 7.30. The SMILES string of the molecule is Cc1ccc2ncc(-c3nc(N[C@H]4CC=C(CC(CC#N)=C5CC5)CCC4)cc(N(C)C)n3)n2c1. The van der Waals surface area contributed by atoms with E-state index < -0.39 is 0 Å². The summed E-state index contributed by atoms with van der Waals surface area (Å²) in [6.45, 7) is 2.07. The summed E-state index contributed by atoms with van der Waals surface area (Å²) in [5.74, 6) is 2.37. The van der Waals surface area contributed by atoms with E-state index >= 15 is 0 Å². The molecule has 0 bridgehead atoms. The van der Waals surface area contributed by atoms with Crippen molar-refractivity contribution in [3.8, 4) is 17.6 Å². The highest BCUT2D eigenvalue weighted by Crippen LogP contribution is 2.37. The maximum atomic E-state index is 9.19. The van der Waals surface area contributed by atoms with Crippen molar-refractivity contribution in [2.24, 2.45) is 0 Å². The highest BCUT2D eigenvalue weighted by Gasteiger charge is 2.20. The summed E-state index contributed by atoms with van der Waals surface area (Å²) in [5, 5.41) is 12.9. The highest BCUT2D eigenvalue weighted by molar-refractivity contribution is 5.62. The van der Waals surface area contributed by atoms with Gasteiger partial charge < -0.3 is 10.2 Å². The van der Waals surface area contributed by atoms with Gasteiger partial charge in [-0.3, -0.25) is 4.40 Å². The van der Waals surface area contributed by atoms with Crippen molar-refractivity contribution >= 4 is 17.3 Å². The van der Waals surface area contributed by atoms with E-state index in [2.05, 4.69) is 46.0 Å². The number of hydrogen-bond donors (Lipinski definition) is 1. The first-order valence-corrected chi connectivity index (χ1v) is 12.5. The summed E-state index contributed by atoms with van der Waals surface area (Å²) in [7, 11) is 4.00. The maximum absolute atomic E-state index is 9.19. The first-order valence-electron chi connectivity index (χ1n) is 12.5. The zero-order valence-corrected chi connectivity index (χ0v) is 20.9. The molecule has 1 saturated carbocycles. The molecule has 35 heavy (non-hydrogen) atoms. The molecule has 1 fully saturated rings. The number of hydrogen-bond acceptors (Lipinski definition) is 6. The number of allylic oxidation sites excluding steroid dienone is 3. The quantitative estimate of drug-likeness (QED) is 0.440. The van der Waals surface area contributed by atoms with Crippen LogP contribution in [0.3, 0.4) is 0 Å². The Balaban J connectivity index is 1.37. The van der Waals surface area contributed by atoms with Gasteiger partial charge in [0.2, 0.25) is 0 Å². The van der Waals surface area contributed by atoms with Gasteiger partial charge in [-0.15, -0.1) is 0 Å². The zero-order valence-electron chi connectivity index (χ0n) is 20.9. The molecule has 1 N–H and O–H groups in total. The number of nitrogens with one attached hydrogen (secondary N) is 1. The third-order valence-corrected chi connectivity index (χ3v) is 6.88. The lowest BCUT2D eigenvalue weighted by Crippen LogP contribution is -2.20. The molecular weight excluding hydrogens is 434 g/mol. The molecule has 0 amide bonds. The topological polar surface area (TPSA) is 82.1 Å². The van der Waals surface area contributed by atoms with E-state index in [0.717, 1.165) is 60.6 Å². The van der Waals surface area contributed by atoms with Gasteiger partial charge in [0.1, 0.15) is 23.0 Å². The van der Waals surface area contributed by atoms with Crippen LogP contribution >= 0.6 is 0 Å². The maximum Gasteiger partial charge on any atom is 0.182 e. The molecule has 0 saturated heterocycles. The van der Waals surface area contributed by atoms with Crippen LogP contribution in [0, 0.1) is 18.3 Å². The van der Waals surface area contributed by atoms with Gasteiger partial charge in [-0.05, 0) is 63.5 Å². The molecule has 2 aliphatic carbocycles. The molecule has 3 aromatic rings.